The van der Waals surface area contributed by atoms with Crippen molar-refractivity contribution in [1.82, 2.24) is 20.4 Å². The molecule has 2 aromatic carbocycles. The average Bonchev–Trinajstić information content (AvgIpc) is 4.00. The number of likely N-dealkylation sites (tertiary alicyclic amines) is 1. The Bertz CT molecular complexity index is 2350. The van der Waals surface area contributed by atoms with Gasteiger partial charge in [-0.3, -0.25) is 43.3 Å². The third-order valence-electron chi connectivity index (χ3n) is 11.3. The van der Waals surface area contributed by atoms with E-state index in [-0.39, 0.29) is 122 Å². The summed E-state index contributed by atoms with van der Waals surface area (Å²) in [6.07, 6.45) is -0.219. The largest absolute Gasteiger partial charge is 0.493 e. The van der Waals surface area contributed by atoms with Crippen LogP contribution >= 0.6 is 11.3 Å². The maximum atomic E-state index is 15.9. The number of methoxy groups -OCH3 is 2. The van der Waals surface area contributed by atoms with E-state index < -0.39 is 78.1 Å². The quantitative estimate of drug-likeness (QED) is 0.0453. The molecule has 2 atom stereocenters. The highest BCUT2D eigenvalue weighted by atomic mass is 32.1. The monoisotopic (exact) mass is 944 g/mol. The van der Waals surface area contributed by atoms with Crippen LogP contribution in [0.3, 0.4) is 0 Å². The molecule has 18 nitrogen and oxygen atoms in total. The average molecular weight is 945 g/mol. The third-order valence-corrected chi connectivity index (χ3v) is 12.4. The van der Waals surface area contributed by atoms with Crippen LogP contribution in [0.2, 0.25) is 0 Å². The number of amides is 5. The second-order valence-electron chi connectivity index (χ2n) is 15.8. The van der Waals surface area contributed by atoms with Crippen molar-refractivity contribution < 1.29 is 75.9 Å². The van der Waals surface area contributed by atoms with Crippen molar-refractivity contribution in [3.63, 3.8) is 0 Å². The zero-order chi connectivity index (χ0) is 48.2. The van der Waals surface area contributed by atoms with E-state index in [1.807, 2.05) is 13.8 Å². The fraction of sp³-hybridized carbons (Fsp3) is 0.511. The van der Waals surface area contributed by atoms with Crippen molar-refractivity contribution in [2.45, 2.75) is 91.3 Å². The first-order valence-corrected chi connectivity index (χ1v) is 22.3. The molecule has 0 aliphatic carbocycles. The van der Waals surface area contributed by atoms with Crippen LogP contribution in [0.25, 0.3) is 10.1 Å². The molecule has 66 heavy (non-hydrogen) atoms. The van der Waals surface area contributed by atoms with Gasteiger partial charge in [0, 0.05) is 60.5 Å². The van der Waals surface area contributed by atoms with Gasteiger partial charge < -0.3 is 44.3 Å². The Labute approximate surface area is 383 Å². The number of carboxylic acid groups (broad SMARTS) is 1. The molecule has 358 valence electrons. The lowest BCUT2D eigenvalue weighted by molar-refractivity contribution is -0.148. The van der Waals surface area contributed by atoms with Gasteiger partial charge in [-0.05, 0) is 30.5 Å². The number of Topliss-reactive ketones (excluding diaryl/α,β-unsaturated/α-hetero) is 1. The molecule has 2 aliphatic heterocycles. The number of benzene rings is 2. The molecule has 1 unspecified atom stereocenters. The lowest BCUT2D eigenvalue weighted by atomic mass is 9.87. The molecular weight excluding hydrogens is 891 g/mol. The summed E-state index contributed by atoms with van der Waals surface area (Å²) in [5.41, 5.74) is 0.743. The Balaban J connectivity index is 1.05. The summed E-state index contributed by atoms with van der Waals surface area (Å²) >= 11 is 0.998. The number of imide groups is 1. The molecule has 0 radical (unpaired) electrons. The topological polar surface area (TPSA) is 233 Å². The summed E-state index contributed by atoms with van der Waals surface area (Å²) < 4.78 is 59.3. The van der Waals surface area contributed by atoms with Gasteiger partial charge >= 0.3 is 11.9 Å². The van der Waals surface area contributed by atoms with Crippen molar-refractivity contribution >= 4 is 68.7 Å². The molecular formula is C45H54F2N4O14S. The number of carbonyl (C=O) groups excluding carboxylic acids is 7. The lowest BCUT2D eigenvalue weighted by Gasteiger charge is -2.19. The number of aliphatic carboxylic acids is 1. The Morgan fingerprint density at radius 2 is 1.53 bits per heavy atom. The summed E-state index contributed by atoms with van der Waals surface area (Å²) in [6, 6.07) is 4.43. The molecule has 5 rings (SSSR count). The van der Waals surface area contributed by atoms with Gasteiger partial charge in [0.15, 0.2) is 40.4 Å². The molecule has 5 amide bonds. The van der Waals surface area contributed by atoms with E-state index in [0.29, 0.717) is 10.3 Å². The Morgan fingerprint density at radius 3 is 2.18 bits per heavy atom. The van der Waals surface area contributed by atoms with Gasteiger partial charge in [0.2, 0.25) is 29.5 Å². The fourth-order valence-electron chi connectivity index (χ4n) is 7.69. The molecule has 1 saturated heterocycles. The van der Waals surface area contributed by atoms with Crippen LogP contribution in [-0.4, -0.2) is 115 Å². The van der Waals surface area contributed by atoms with Crippen molar-refractivity contribution in [3.8, 4) is 23.0 Å². The van der Waals surface area contributed by atoms with Crippen LogP contribution in [0.1, 0.15) is 92.9 Å². The molecule has 1 aromatic heterocycles. The van der Waals surface area contributed by atoms with Crippen LogP contribution < -0.4 is 29.6 Å². The number of hydrogen-bond acceptors (Lipinski definition) is 14. The Morgan fingerprint density at radius 1 is 0.864 bits per heavy atom. The molecule has 1 fully saturated rings. The van der Waals surface area contributed by atoms with Crippen LogP contribution in [0.5, 0.6) is 23.0 Å². The Hall–Kier alpha value is -6.38. The summed E-state index contributed by atoms with van der Waals surface area (Å²) in [5, 5.41) is 13.9. The first-order valence-electron chi connectivity index (χ1n) is 21.5. The normalized spacial score (nSPS) is 14.9. The fourth-order valence-corrected chi connectivity index (χ4v) is 8.74. The molecule has 21 heteroatoms. The van der Waals surface area contributed by atoms with Crippen molar-refractivity contribution in [3.05, 3.63) is 45.8 Å². The first-order chi connectivity index (χ1) is 31.5. The van der Waals surface area contributed by atoms with Crippen LogP contribution in [-0.2, 0) is 51.4 Å². The number of nitrogens with one attached hydrogen (secondary N) is 2. The highest BCUT2D eigenvalue weighted by molar-refractivity contribution is 7.20. The summed E-state index contributed by atoms with van der Waals surface area (Å²) in [5.74, 6) is -6.94. The van der Waals surface area contributed by atoms with E-state index in [1.165, 1.54) is 38.2 Å². The predicted molar refractivity (Wildman–Crippen MR) is 232 cm³/mol. The molecule has 0 spiro atoms. The maximum absolute atomic E-state index is 15.9. The highest BCUT2D eigenvalue weighted by Gasteiger charge is 2.42. The highest BCUT2D eigenvalue weighted by Crippen LogP contribution is 2.41. The van der Waals surface area contributed by atoms with E-state index in [1.54, 1.807) is 6.07 Å². The van der Waals surface area contributed by atoms with Crippen LogP contribution in [0, 0.1) is 23.5 Å². The van der Waals surface area contributed by atoms with Gasteiger partial charge in [0.1, 0.15) is 12.6 Å². The third kappa shape index (κ3) is 12.5. The second kappa shape index (κ2) is 23.2. The van der Waals surface area contributed by atoms with Crippen molar-refractivity contribution in [2.75, 3.05) is 47.1 Å². The van der Waals surface area contributed by atoms with E-state index in [4.69, 9.17) is 28.8 Å². The summed E-state index contributed by atoms with van der Waals surface area (Å²) in [6.45, 7) is 4.26. The molecule has 3 aromatic rings. The number of ether oxygens (including phenoxy) is 5. The minimum Gasteiger partial charge on any atom is -0.493 e. The zero-order valence-corrected chi connectivity index (χ0v) is 38.2. The van der Waals surface area contributed by atoms with Crippen LogP contribution in [0.4, 0.5) is 8.78 Å². The number of carbonyl (C=O) groups is 8. The number of hydrogen-bond donors (Lipinski definition) is 3. The van der Waals surface area contributed by atoms with E-state index in [0.717, 1.165) is 29.1 Å². The number of thiophene rings is 1. The number of halogens is 2. The smallest absolute Gasteiger partial charge is 0.306 e. The van der Waals surface area contributed by atoms with Gasteiger partial charge in [0.05, 0.1) is 64.2 Å². The zero-order valence-electron chi connectivity index (χ0n) is 37.4. The van der Waals surface area contributed by atoms with Crippen molar-refractivity contribution in [1.29, 1.82) is 0 Å². The minimum absolute atomic E-state index is 0.0435. The molecule has 2 aliphatic rings. The first kappa shape index (κ1) is 50.6. The summed E-state index contributed by atoms with van der Waals surface area (Å²) in [4.78, 5) is 101. The van der Waals surface area contributed by atoms with Gasteiger partial charge in [-0.2, -0.15) is 0 Å². The predicted octanol–water partition coefficient (Wildman–Crippen LogP) is 4.69. The van der Waals surface area contributed by atoms with Gasteiger partial charge in [0.25, 0.3) is 0 Å². The van der Waals surface area contributed by atoms with E-state index >= 15 is 8.78 Å². The van der Waals surface area contributed by atoms with Gasteiger partial charge in [-0.1, -0.05) is 26.7 Å². The number of esters is 1. The Kier molecular flexibility index (Phi) is 17.8. The molecule has 3 N–H and O–H groups in total. The second-order valence-corrected chi connectivity index (χ2v) is 16.9. The van der Waals surface area contributed by atoms with Crippen LogP contribution in [0.15, 0.2) is 18.2 Å². The van der Waals surface area contributed by atoms with E-state index in [2.05, 4.69) is 10.6 Å². The minimum atomic E-state index is -1.11. The number of ketones is 1. The SMILES string of the molecule is CCC(CC)C1CC(=O)N(CC(=O)NCC(=O)NC[C@H](C)OC(=O)CCC(=O)c2cc3c(F)c(OCCCOc4c(OC)cc5c(c4F)CN(C(=O)CCC(=O)O)C5)c(OC)cc3s2)C1=O. The van der Waals surface area contributed by atoms with Crippen molar-refractivity contribution in [2.24, 2.45) is 11.8 Å². The standard InChI is InChI=1S/C45H54F2N4O14S/c1-6-25(7-2)27-17-38(56)51(45(27)60)23-36(54)49-20-35(53)48-19-24(3)65-40(59)12-9-30(52)34-16-28-33(66-34)18-32(62-5)44(41(28)46)64-14-8-13-63-43-31(61-4)15-26-21-50(22-29(26)42(43)47)37(55)10-11-39(57)58/h15-16,18,24-25,27H,6-14,17,19-23H2,1-5H3,(H,48,53)(H,49,54)(H,57,58)/t24-,27?/m0/s1. The van der Waals surface area contributed by atoms with Gasteiger partial charge in [-0.15, -0.1) is 11.3 Å². The lowest BCUT2D eigenvalue weighted by Crippen LogP contribution is -2.45. The maximum Gasteiger partial charge on any atom is 0.306 e. The molecule has 3 heterocycles. The number of rotatable bonds is 25. The number of carboxylic acids is 1. The molecule has 0 bridgehead atoms. The molecule has 0 saturated carbocycles. The summed E-state index contributed by atoms with van der Waals surface area (Å²) in [7, 11) is 2.66. The number of fused-ring (bicyclic) bond motifs is 2. The number of nitrogens with zero attached hydrogens (tertiary/aromatic N) is 2. The van der Waals surface area contributed by atoms with E-state index in [9.17, 15) is 38.4 Å². The van der Waals surface area contributed by atoms with Gasteiger partial charge in [-0.25, -0.2) is 8.78 Å².